The molecular formula is C18H15N3O4S. The van der Waals surface area contributed by atoms with Gasteiger partial charge in [-0.2, -0.15) is 0 Å². The molecule has 0 bridgehead atoms. The quantitative estimate of drug-likeness (QED) is 0.599. The second-order valence-electron chi connectivity index (χ2n) is 5.80. The van der Waals surface area contributed by atoms with Crippen LogP contribution in [0.25, 0.3) is 21.2 Å². The summed E-state index contributed by atoms with van der Waals surface area (Å²) in [6, 6.07) is 7.00. The van der Waals surface area contributed by atoms with E-state index in [2.05, 4.69) is 10.4 Å². The summed E-state index contributed by atoms with van der Waals surface area (Å²) in [6.45, 7) is 3.45. The van der Waals surface area contributed by atoms with E-state index in [4.69, 9.17) is 9.15 Å². The Labute approximate surface area is 151 Å². The predicted molar refractivity (Wildman–Crippen MR) is 99.8 cm³/mol. The minimum absolute atomic E-state index is 0.143. The summed E-state index contributed by atoms with van der Waals surface area (Å²) in [7, 11) is 1.58. The van der Waals surface area contributed by atoms with Crippen LogP contribution in [0.5, 0.6) is 5.75 Å². The SMILES string of the molecule is COc1ccc2oc(C(=O)Nn3c(C)nc4sccc4c3=O)c(C)c2c1. The van der Waals surface area contributed by atoms with E-state index < -0.39 is 5.91 Å². The van der Waals surface area contributed by atoms with Crippen molar-refractivity contribution < 1.29 is 13.9 Å². The van der Waals surface area contributed by atoms with Crippen LogP contribution >= 0.6 is 11.3 Å². The van der Waals surface area contributed by atoms with Crippen LogP contribution in [-0.2, 0) is 0 Å². The second-order valence-corrected chi connectivity index (χ2v) is 6.69. The van der Waals surface area contributed by atoms with Gasteiger partial charge in [0.1, 0.15) is 22.0 Å². The Morgan fingerprint density at radius 3 is 2.85 bits per heavy atom. The Bertz CT molecular complexity index is 1220. The number of nitrogens with one attached hydrogen (secondary N) is 1. The zero-order chi connectivity index (χ0) is 18.4. The lowest BCUT2D eigenvalue weighted by atomic mass is 10.1. The first-order valence-corrected chi connectivity index (χ1v) is 8.73. The van der Waals surface area contributed by atoms with Gasteiger partial charge in [0.05, 0.1) is 12.5 Å². The number of aromatic nitrogens is 2. The maximum Gasteiger partial charge on any atom is 0.306 e. The number of carbonyl (C=O) groups excluding carboxylic acids is 1. The molecule has 1 amide bonds. The molecule has 7 nitrogen and oxygen atoms in total. The number of aryl methyl sites for hydroxylation is 2. The van der Waals surface area contributed by atoms with Crippen molar-refractivity contribution in [2.45, 2.75) is 13.8 Å². The highest BCUT2D eigenvalue weighted by atomic mass is 32.1. The van der Waals surface area contributed by atoms with Crippen LogP contribution in [0.3, 0.4) is 0 Å². The lowest BCUT2D eigenvalue weighted by Crippen LogP contribution is -2.35. The van der Waals surface area contributed by atoms with E-state index in [9.17, 15) is 9.59 Å². The highest BCUT2D eigenvalue weighted by molar-refractivity contribution is 7.16. The third-order valence-electron chi connectivity index (χ3n) is 4.23. The monoisotopic (exact) mass is 369 g/mol. The van der Waals surface area contributed by atoms with Crippen LogP contribution in [0.1, 0.15) is 21.9 Å². The average Bonchev–Trinajstić information content (AvgIpc) is 3.23. The van der Waals surface area contributed by atoms with Gasteiger partial charge in [-0.1, -0.05) is 0 Å². The number of thiophene rings is 1. The van der Waals surface area contributed by atoms with Gasteiger partial charge in [-0.3, -0.25) is 15.0 Å². The topological polar surface area (TPSA) is 86.4 Å². The van der Waals surface area contributed by atoms with Crippen LogP contribution in [0.4, 0.5) is 0 Å². The molecule has 0 aliphatic heterocycles. The van der Waals surface area contributed by atoms with E-state index in [0.29, 0.717) is 32.9 Å². The molecule has 26 heavy (non-hydrogen) atoms. The van der Waals surface area contributed by atoms with Crippen LogP contribution in [0, 0.1) is 13.8 Å². The highest BCUT2D eigenvalue weighted by Crippen LogP contribution is 2.28. The fourth-order valence-corrected chi connectivity index (χ4v) is 3.64. The summed E-state index contributed by atoms with van der Waals surface area (Å²) < 4.78 is 12.0. The number of carbonyl (C=O) groups is 1. The molecule has 0 unspecified atom stereocenters. The van der Waals surface area contributed by atoms with E-state index >= 15 is 0 Å². The lowest BCUT2D eigenvalue weighted by Gasteiger charge is -2.10. The molecule has 3 aromatic heterocycles. The van der Waals surface area contributed by atoms with Crippen LogP contribution in [0.2, 0.25) is 0 Å². The first-order chi connectivity index (χ1) is 12.5. The Hall–Kier alpha value is -3.13. The minimum atomic E-state index is -0.515. The number of ether oxygens (including phenoxy) is 1. The number of methoxy groups -OCH3 is 1. The Morgan fingerprint density at radius 1 is 1.27 bits per heavy atom. The third kappa shape index (κ3) is 2.46. The van der Waals surface area contributed by atoms with E-state index in [1.165, 1.54) is 11.3 Å². The maximum atomic E-state index is 12.7. The molecule has 132 valence electrons. The molecular weight excluding hydrogens is 354 g/mol. The Balaban J connectivity index is 1.76. The predicted octanol–water partition coefficient (Wildman–Crippen LogP) is 3.21. The molecule has 0 aliphatic carbocycles. The van der Waals surface area contributed by atoms with Gasteiger partial charge in [-0.05, 0) is 43.5 Å². The molecule has 3 heterocycles. The Morgan fingerprint density at radius 2 is 2.08 bits per heavy atom. The summed E-state index contributed by atoms with van der Waals surface area (Å²) in [5.41, 5.74) is 3.51. The van der Waals surface area contributed by atoms with Gasteiger partial charge in [0.2, 0.25) is 0 Å². The summed E-state index contributed by atoms with van der Waals surface area (Å²) in [6.07, 6.45) is 0. The van der Waals surface area contributed by atoms with E-state index in [-0.39, 0.29) is 11.3 Å². The molecule has 0 radical (unpaired) electrons. The maximum absolute atomic E-state index is 12.7. The van der Waals surface area contributed by atoms with Crippen molar-refractivity contribution in [1.29, 1.82) is 0 Å². The zero-order valence-corrected chi connectivity index (χ0v) is 15.1. The first-order valence-electron chi connectivity index (χ1n) is 7.85. The zero-order valence-electron chi connectivity index (χ0n) is 14.3. The fraction of sp³-hybridized carbons (Fsp3) is 0.167. The molecule has 0 spiro atoms. The number of nitrogens with zero attached hydrogens (tertiary/aromatic N) is 2. The number of furan rings is 1. The lowest BCUT2D eigenvalue weighted by molar-refractivity contribution is 0.0981. The normalized spacial score (nSPS) is 11.2. The van der Waals surface area contributed by atoms with Crippen LogP contribution in [0.15, 0.2) is 38.9 Å². The van der Waals surface area contributed by atoms with Gasteiger partial charge < -0.3 is 9.15 Å². The van der Waals surface area contributed by atoms with Crippen LogP contribution in [-0.4, -0.2) is 22.7 Å². The molecule has 0 fully saturated rings. The molecule has 4 aromatic rings. The van der Waals surface area contributed by atoms with E-state index in [0.717, 1.165) is 10.1 Å². The molecule has 1 N–H and O–H groups in total. The third-order valence-corrected chi connectivity index (χ3v) is 5.03. The molecule has 4 rings (SSSR count). The molecule has 0 atom stereocenters. The molecule has 0 saturated carbocycles. The molecule has 8 heteroatoms. The molecule has 0 saturated heterocycles. The number of fused-ring (bicyclic) bond motifs is 2. The average molecular weight is 369 g/mol. The Kier molecular flexibility index (Phi) is 3.77. The minimum Gasteiger partial charge on any atom is -0.497 e. The second kappa shape index (κ2) is 5.99. The van der Waals surface area contributed by atoms with Gasteiger partial charge in [-0.25, -0.2) is 9.66 Å². The van der Waals surface area contributed by atoms with Gasteiger partial charge in [0, 0.05) is 10.9 Å². The highest BCUT2D eigenvalue weighted by Gasteiger charge is 2.20. The number of hydrogen-bond donors (Lipinski definition) is 1. The van der Waals surface area contributed by atoms with Crippen molar-refractivity contribution in [3.8, 4) is 5.75 Å². The van der Waals surface area contributed by atoms with Gasteiger partial charge in [0.25, 0.3) is 5.56 Å². The summed E-state index contributed by atoms with van der Waals surface area (Å²) in [5, 5.41) is 3.04. The number of amides is 1. The summed E-state index contributed by atoms with van der Waals surface area (Å²) in [4.78, 5) is 30.3. The van der Waals surface area contributed by atoms with Gasteiger partial charge in [-0.15, -0.1) is 11.3 Å². The largest absolute Gasteiger partial charge is 0.497 e. The van der Waals surface area contributed by atoms with Crippen molar-refractivity contribution in [3.63, 3.8) is 0 Å². The molecule has 0 aliphatic rings. The van der Waals surface area contributed by atoms with Crippen LogP contribution < -0.4 is 15.7 Å². The van der Waals surface area contributed by atoms with Gasteiger partial charge in [0.15, 0.2) is 5.76 Å². The number of hydrogen-bond acceptors (Lipinski definition) is 6. The van der Waals surface area contributed by atoms with Gasteiger partial charge >= 0.3 is 5.91 Å². The number of benzene rings is 1. The standard InChI is InChI=1S/C18H15N3O4S/c1-9-13-8-11(24-3)4-5-14(13)25-15(9)16(22)20-21-10(2)19-17-12(18(21)23)6-7-26-17/h4-8H,1-3H3,(H,20,22). The molecule has 1 aromatic carbocycles. The van der Waals surface area contributed by atoms with E-state index in [1.807, 2.05) is 0 Å². The van der Waals surface area contributed by atoms with Crippen molar-refractivity contribution >= 4 is 38.4 Å². The summed E-state index contributed by atoms with van der Waals surface area (Å²) >= 11 is 1.38. The van der Waals surface area contributed by atoms with Crippen molar-refractivity contribution in [3.05, 3.63) is 57.1 Å². The smallest absolute Gasteiger partial charge is 0.306 e. The van der Waals surface area contributed by atoms with E-state index in [1.54, 1.807) is 50.6 Å². The fourth-order valence-electron chi connectivity index (χ4n) is 2.84. The first kappa shape index (κ1) is 16.3. The summed E-state index contributed by atoms with van der Waals surface area (Å²) in [5.74, 6) is 0.700. The van der Waals surface area contributed by atoms with Crippen molar-refractivity contribution in [2.24, 2.45) is 0 Å². The number of rotatable bonds is 3. The van der Waals surface area contributed by atoms with Crippen molar-refractivity contribution in [2.75, 3.05) is 12.5 Å². The van der Waals surface area contributed by atoms with Crippen molar-refractivity contribution in [1.82, 2.24) is 9.66 Å².